The summed E-state index contributed by atoms with van der Waals surface area (Å²) in [4.78, 5) is 11.9. The first kappa shape index (κ1) is 10.7. The molecule has 0 aromatic rings. The summed E-state index contributed by atoms with van der Waals surface area (Å²) < 4.78 is 0. The molecule has 2 unspecified atom stereocenters. The highest BCUT2D eigenvalue weighted by atomic mass is 16.1. The molecule has 3 nitrogen and oxygen atoms in total. The number of hydrogen-bond donors (Lipinski definition) is 1. The van der Waals surface area contributed by atoms with Crippen molar-refractivity contribution in [2.24, 2.45) is 11.3 Å². The number of ketones is 1. The van der Waals surface area contributed by atoms with Crippen LogP contribution in [0.1, 0.15) is 27.7 Å². The molecule has 0 aromatic carbocycles. The minimum atomic E-state index is -0.239. The third-order valence-electron chi connectivity index (χ3n) is 2.51. The van der Waals surface area contributed by atoms with E-state index >= 15 is 0 Å². The predicted octanol–water partition coefficient (Wildman–Crippen LogP) is 1.06. The Kier molecular flexibility index (Phi) is 2.78. The Balaban J connectivity index is 2.68. The number of Topliss-reactive ketones (excluding diaryl/α,β-unsaturated/α-hetero) is 1. The molecular weight excluding hydrogens is 164 g/mol. The van der Waals surface area contributed by atoms with E-state index in [1.165, 1.54) is 0 Å². The molecule has 1 rings (SSSR count). The van der Waals surface area contributed by atoms with Crippen molar-refractivity contribution >= 4 is 5.78 Å². The average Bonchev–Trinajstić information content (AvgIpc) is 2.26. The molecule has 0 saturated carbocycles. The normalized spacial score (nSPS) is 30.8. The maximum Gasteiger partial charge on any atom is 0.156 e. The molecule has 3 heteroatoms. The first-order valence-corrected chi connectivity index (χ1v) is 4.84. The van der Waals surface area contributed by atoms with Crippen LogP contribution in [0.2, 0.25) is 0 Å². The summed E-state index contributed by atoms with van der Waals surface area (Å²) in [5, 5.41) is 2.00. The zero-order valence-corrected chi connectivity index (χ0v) is 9.22. The van der Waals surface area contributed by atoms with E-state index in [1.807, 2.05) is 32.8 Å². The van der Waals surface area contributed by atoms with Crippen LogP contribution in [0.3, 0.4) is 0 Å². The molecule has 0 aliphatic carbocycles. The molecular formula is C10H20N2O. The largest absolute Gasteiger partial charge is 0.297 e. The molecule has 0 bridgehead atoms. The lowest BCUT2D eigenvalue weighted by molar-refractivity contribution is -0.129. The summed E-state index contributed by atoms with van der Waals surface area (Å²) in [6, 6.07) is 0.00463. The summed E-state index contributed by atoms with van der Waals surface area (Å²) in [5.41, 5.74) is 2.95. The zero-order valence-electron chi connectivity index (χ0n) is 9.22. The lowest BCUT2D eigenvalue weighted by Gasteiger charge is -2.23. The zero-order chi connectivity index (χ0) is 10.2. The van der Waals surface area contributed by atoms with Gasteiger partial charge in [0, 0.05) is 19.0 Å². The molecule has 2 atom stereocenters. The van der Waals surface area contributed by atoms with Gasteiger partial charge in [-0.3, -0.25) is 4.79 Å². The maximum absolute atomic E-state index is 11.9. The molecule has 1 aliphatic heterocycles. The highest BCUT2D eigenvalue weighted by molar-refractivity contribution is 5.89. The molecule has 76 valence electrons. The van der Waals surface area contributed by atoms with Gasteiger partial charge in [0.25, 0.3) is 0 Å². The standard InChI is InChI=1S/C10H20N2O/c1-7-6-12(5)11-8(7)9(13)10(2,3)4/h7-8,11H,6H2,1-5H3. The van der Waals surface area contributed by atoms with Gasteiger partial charge >= 0.3 is 0 Å². The summed E-state index contributed by atoms with van der Waals surface area (Å²) in [6.07, 6.45) is 0. The van der Waals surface area contributed by atoms with Crippen molar-refractivity contribution < 1.29 is 4.79 Å². The number of hydrazine groups is 1. The van der Waals surface area contributed by atoms with Crippen molar-refractivity contribution in [3.63, 3.8) is 0 Å². The van der Waals surface area contributed by atoms with Gasteiger partial charge in [-0.2, -0.15) is 0 Å². The lowest BCUT2D eigenvalue weighted by atomic mass is 9.83. The molecule has 1 N–H and O–H groups in total. The Morgan fingerprint density at radius 3 is 2.31 bits per heavy atom. The maximum atomic E-state index is 11.9. The molecule has 0 spiro atoms. The fourth-order valence-electron chi connectivity index (χ4n) is 1.74. The van der Waals surface area contributed by atoms with Crippen molar-refractivity contribution in [2.75, 3.05) is 13.6 Å². The molecule has 1 fully saturated rings. The molecule has 1 saturated heterocycles. The SMILES string of the molecule is CC1CN(C)NC1C(=O)C(C)(C)C. The van der Waals surface area contributed by atoms with Gasteiger partial charge in [0.1, 0.15) is 0 Å². The average molecular weight is 184 g/mol. The Labute approximate surface area is 80.5 Å². The second-order valence-electron chi connectivity index (χ2n) is 5.08. The van der Waals surface area contributed by atoms with Crippen molar-refractivity contribution in [3.8, 4) is 0 Å². The Hall–Kier alpha value is -0.410. The number of nitrogens with one attached hydrogen (secondary N) is 1. The van der Waals surface area contributed by atoms with E-state index in [2.05, 4.69) is 12.3 Å². The lowest BCUT2D eigenvalue weighted by Crippen LogP contribution is -2.44. The molecule has 1 heterocycles. The van der Waals surface area contributed by atoms with Crippen LogP contribution in [0.5, 0.6) is 0 Å². The smallest absolute Gasteiger partial charge is 0.156 e. The number of rotatable bonds is 1. The van der Waals surface area contributed by atoms with Crippen molar-refractivity contribution in [1.29, 1.82) is 0 Å². The first-order valence-electron chi connectivity index (χ1n) is 4.84. The Bertz CT molecular complexity index is 207. The summed E-state index contributed by atoms with van der Waals surface area (Å²) in [7, 11) is 1.98. The van der Waals surface area contributed by atoms with Crippen LogP contribution in [0.25, 0.3) is 0 Å². The van der Waals surface area contributed by atoms with Crippen LogP contribution in [-0.4, -0.2) is 30.4 Å². The number of hydrogen-bond acceptors (Lipinski definition) is 3. The fourth-order valence-corrected chi connectivity index (χ4v) is 1.74. The topological polar surface area (TPSA) is 32.3 Å². The highest BCUT2D eigenvalue weighted by Gasteiger charge is 2.37. The van der Waals surface area contributed by atoms with Crippen LogP contribution in [-0.2, 0) is 4.79 Å². The van der Waals surface area contributed by atoms with Gasteiger partial charge in [-0.05, 0) is 5.92 Å². The molecule has 0 amide bonds. The molecule has 1 aliphatic rings. The second kappa shape index (κ2) is 3.39. The van der Waals surface area contributed by atoms with E-state index in [0.29, 0.717) is 11.7 Å². The van der Waals surface area contributed by atoms with Crippen LogP contribution in [0.15, 0.2) is 0 Å². The van der Waals surface area contributed by atoms with Crippen LogP contribution >= 0.6 is 0 Å². The third kappa shape index (κ3) is 2.29. The van der Waals surface area contributed by atoms with Gasteiger partial charge in [-0.25, -0.2) is 10.4 Å². The number of carbonyl (C=O) groups is 1. The van der Waals surface area contributed by atoms with Gasteiger partial charge in [0.2, 0.25) is 0 Å². The predicted molar refractivity (Wildman–Crippen MR) is 53.2 cm³/mol. The Morgan fingerprint density at radius 1 is 1.46 bits per heavy atom. The Morgan fingerprint density at radius 2 is 2.00 bits per heavy atom. The van der Waals surface area contributed by atoms with Crippen LogP contribution in [0.4, 0.5) is 0 Å². The van der Waals surface area contributed by atoms with Crippen molar-refractivity contribution in [3.05, 3.63) is 0 Å². The third-order valence-corrected chi connectivity index (χ3v) is 2.51. The van der Waals surface area contributed by atoms with E-state index in [1.54, 1.807) is 0 Å². The molecule has 0 radical (unpaired) electrons. The van der Waals surface area contributed by atoms with Gasteiger partial charge in [-0.15, -0.1) is 0 Å². The van der Waals surface area contributed by atoms with E-state index in [-0.39, 0.29) is 11.5 Å². The monoisotopic (exact) mass is 184 g/mol. The van der Waals surface area contributed by atoms with E-state index in [0.717, 1.165) is 6.54 Å². The van der Waals surface area contributed by atoms with Gasteiger partial charge in [-0.1, -0.05) is 27.7 Å². The fraction of sp³-hybridized carbons (Fsp3) is 0.900. The quantitative estimate of drug-likeness (QED) is 0.661. The summed E-state index contributed by atoms with van der Waals surface area (Å²) in [5.74, 6) is 0.723. The van der Waals surface area contributed by atoms with Crippen molar-refractivity contribution in [2.45, 2.75) is 33.7 Å². The van der Waals surface area contributed by atoms with E-state index < -0.39 is 0 Å². The second-order valence-corrected chi connectivity index (χ2v) is 5.08. The summed E-state index contributed by atoms with van der Waals surface area (Å²) in [6.45, 7) is 8.99. The van der Waals surface area contributed by atoms with Crippen LogP contribution < -0.4 is 5.43 Å². The van der Waals surface area contributed by atoms with Crippen LogP contribution in [0, 0.1) is 11.3 Å². The van der Waals surface area contributed by atoms with Gasteiger partial charge in [0.15, 0.2) is 5.78 Å². The van der Waals surface area contributed by atoms with E-state index in [4.69, 9.17) is 0 Å². The van der Waals surface area contributed by atoms with Gasteiger partial charge in [0.05, 0.1) is 6.04 Å². The highest BCUT2D eigenvalue weighted by Crippen LogP contribution is 2.23. The van der Waals surface area contributed by atoms with Crippen molar-refractivity contribution in [1.82, 2.24) is 10.4 Å². The first-order chi connectivity index (χ1) is 5.82. The summed E-state index contributed by atoms with van der Waals surface area (Å²) >= 11 is 0. The molecule has 13 heavy (non-hydrogen) atoms. The molecule has 0 aromatic heterocycles. The minimum Gasteiger partial charge on any atom is -0.297 e. The minimum absolute atomic E-state index is 0.00463. The van der Waals surface area contributed by atoms with Gasteiger partial charge < -0.3 is 0 Å². The number of carbonyl (C=O) groups excluding carboxylic acids is 1. The van der Waals surface area contributed by atoms with E-state index in [9.17, 15) is 4.79 Å². The number of nitrogens with zero attached hydrogens (tertiary/aromatic N) is 1.